The molecular weight excluding hydrogens is 296 g/mol. The van der Waals surface area contributed by atoms with Gasteiger partial charge in [0, 0.05) is 12.1 Å². The monoisotopic (exact) mass is 316 g/mol. The van der Waals surface area contributed by atoms with Crippen molar-refractivity contribution < 1.29 is 4.74 Å². The number of ether oxygens (including phenoxy) is 1. The number of nitrogens with one attached hydrogen (secondary N) is 3. The van der Waals surface area contributed by atoms with Gasteiger partial charge in [-0.2, -0.15) is 15.4 Å². The van der Waals surface area contributed by atoms with Gasteiger partial charge in [-0.1, -0.05) is 12.8 Å². The lowest BCUT2D eigenvalue weighted by atomic mass is 10.2. The van der Waals surface area contributed by atoms with E-state index >= 15 is 0 Å². The summed E-state index contributed by atoms with van der Waals surface area (Å²) in [6, 6.07) is 1.98. The van der Waals surface area contributed by atoms with Crippen LogP contribution in [0, 0.1) is 5.41 Å². The molecular formula is C14H20N8O. The van der Waals surface area contributed by atoms with E-state index in [1.54, 1.807) is 13.0 Å². The Morgan fingerprint density at radius 1 is 1.48 bits per heavy atom. The summed E-state index contributed by atoms with van der Waals surface area (Å²) in [6.07, 6.45) is 4.69. The zero-order valence-corrected chi connectivity index (χ0v) is 13.0. The number of hydrogen-bond donors (Lipinski definition) is 4. The van der Waals surface area contributed by atoms with Crippen LogP contribution in [0.1, 0.15) is 32.6 Å². The standard InChI is InChI=1S/C14H20N8O/c1-8(15)10(19-18-9-4-2-3-5-9)7-23-11-6-12(16)17-14-13(11)20-22-21-14/h6,9,15,18H,2-5,7H2,1H3,(H3,16,17,20,21,22)/b15-8?,19-10-. The highest BCUT2D eigenvalue weighted by atomic mass is 16.5. The fraction of sp³-hybridized carbons (Fsp3) is 0.500. The first kappa shape index (κ1) is 15.2. The SMILES string of the molecule is CC(=N)/C(COc1cc(N)nc2n[nH]nc12)=N\NC1CCCC1. The molecule has 1 fully saturated rings. The summed E-state index contributed by atoms with van der Waals surface area (Å²) in [5, 5.41) is 22.6. The number of aromatic amines is 1. The topological polar surface area (TPSA) is 138 Å². The Bertz CT molecular complexity index is 731. The molecule has 1 aliphatic carbocycles. The predicted octanol–water partition coefficient (Wildman–Crippen LogP) is 1.24. The highest BCUT2D eigenvalue weighted by molar-refractivity contribution is 6.40. The van der Waals surface area contributed by atoms with Crippen LogP contribution < -0.4 is 15.9 Å². The van der Waals surface area contributed by atoms with E-state index < -0.39 is 0 Å². The van der Waals surface area contributed by atoms with Crippen LogP contribution in [0.5, 0.6) is 5.75 Å². The number of anilines is 1. The molecule has 0 atom stereocenters. The fourth-order valence-electron chi connectivity index (χ4n) is 2.53. The Morgan fingerprint density at radius 2 is 2.26 bits per heavy atom. The van der Waals surface area contributed by atoms with E-state index in [0.29, 0.717) is 40.2 Å². The number of nitrogens with zero attached hydrogens (tertiary/aromatic N) is 4. The minimum Gasteiger partial charge on any atom is -0.485 e. The van der Waals surface area contributed by atoms with E-state index in [9.17, 15) is 0 Å². The van der Waals surface area contributed by atoms with Crippen LogP contribution in [-0.2, 0) is 0 Å². The number of nitrogens with two attached hydrogens (primary N) is 1. The number of pyridine rings is 1. The molecule has 2 aromatic rings. The lowest BCUT2D eigenvalue weighted by Crippen LogP contribution is -2.27. The minimum absolute atomic E-state index is 0.153. The first-order valence-corrected chi connectivity index (χ1v) is 7.61. The van der Waals surface area contributed by atoms with Crippen molar-refractivity contribution in [3.05, 3.63) is 6.07 Å². The summed E-state index contributed by atoms with van der Waals surface area (Å²) >= 11 is 0. The molecule has 122 valence electrons. The maximum atomic E-state index is 7.84. The van der Waals surface area contributed by atoms with Gasteiger partial charge in [0.25, 0.3) is 0 Å². The van der Waals surface area contributed by atoms with Crippen LogP contribution in [0.4, 0.5) is 5.82 Å². The molecule has 1 saturated carbocycles. The third-order valence-electron chi connectivity index (χ3n) is 3.81. The van der Waals surface area contributed by atoms with Crippen molar-refractivity contribution in [3.63, 3.8) is 0 Å². The van der Waals surface area contributed by atoms with Gasteiger partial charge >= 0.3 is 0 Å². The molecule has 0 spiro atoms. The molecule has 9 heteroatoms. The van der Waals surface area contributed by atoms with Crippen molar-refractivity contribution in [3.8, 4) is 5.75 Å². The fourth-order valence-corrected chi connectivity index (χ4v) is 2.53. The van der Waals surface area contributed by atoms with E-state index in [0.717, 1.165) is 12.8 Å². The second-order valence-electron chi connectivity index (χ2n) is 5.62. The average molecular weight is 316 g/mol. The zero-order valence-electron chi connectivity index (χ0n) is 13.0. The van der Waals surface area contributed by atoms with Crippen molar-refractivity contribution in [1.82, 2.24) is 25.8 Å². The van der Waals surface area contributed by atoms with Crippen LogP contribution in [0.2, 0.25) is 0 Å². The second kappa shape index (κ2) is 6.59. The van der Waals surface area contributed by atoms with Crippen molar-refractivity contribution in [1.29, 1.82) is 5.41 Å². The molecule has 0 aliphatic heterocycles. The highest BCUT2D eigenvalue weighted by Gasteiger charge is 2.15. The molecule has 0 saturated heterocycles. The molecule has 2 heterocycles. The van der Waals surface area contributed by atoms with Gasteiger partial charge in [0.05, 0.1) is 5.71 Å². The Morgan fingerprint density at radius 3 is 3.00 bits per heavy atom. The molecule has 0 bridgehead atoms. The Hall–Kier alpha value is -2.71. The van der Waals surface area contributed by atoms with E-state index in [-0.39, 0.29) is 6.61 Å². The first-order valence-electron chi connectivity index (χ1n) is 7.61. The Labute approximate surface area is 133 Å². The quantitative estimate of drug-likeness (QED) is 0.467. The van der Waals surface area contributed by atoms with Gasteiger partial charge in [0.15, 0.2) is 11.3 Å². The average Bonchev–Trinajstić information content (AvgIpc) is 3.17. The minimum atomic E-state index is 0.153. The Balaban J connectivity index is 1.71. The van der Waals surface area contributed by atoms with Crippen molar-refractivity contribution in [2.45, 2.75) is 38.6 Å². The first-order chi connectivity index (χ1) is 11.1. The van der Waals surface area contributed by atoms with Crippen molar-refractivity contribution in [2.75, 3.05) is 12.3 Å². The number of hydrogen-bond acceptors (Lipinski definition) is 8. The number of H-pyrrole nitrogens is 1. The van der Waals surface area contributed by atoms with Crippen LogP contribution in [-0.4, -0.2) is 44.5 Å². The van der Waals surface area contributed by atoms with Crippen molar-refractivity contribution >= 4 is 28.4 Å². The second-order valence-corrected chi connectivity index (χ2v) is 5.62. The van der Waals surface area contributed by atoms with Crippen LogP contribution >= 0.6 is 0 Å². The lowest BCUT2D eigenvalue weighted by Gasteiger charge is -2.12. The van der Waals surface area contributed by atoms with Crippen LogP contribution in [0.25, 0.3) is 11.2 Å². The van der Waals surface area contributed by atoms with Crippen molar-refractivity contribution in [2.24, 2.45) is 5.10 Å². The largest absolute Gasteiger partial charge is 0.485 e. The molecule has 3 rings (SSSR count). The van der Waals surface area contributed by atoms with E-state index in [1.807, 2.05) is 0 Å². The zero-order chi connectivity index (χ0) is 16.2. The van der Waals surface area contributed by atoms with Crippen LogP contribution in [0.15, 0.2) is 11.2 Å². The third-order valence-corrected chi connectivity index (χ3v) is 3.81. The molecule has 0 unspecified atom stereocenters. The third kappa shape index (κ3) is 3.55. The normalized spacial score (nSPS) is 16.0. The summed E-state index contributed by atoms with van der Waals surface area (Å²) in [5.74, 6) is 0.770. The lowest BCUT2D eigenvalue weighted by molar-refractivity contribution is 0.380. The molecule has 0 aromatic carbocycles. The summed E-state index contributed by atoms with van der Waals surface area (Å²) in [6.45, 7) is 1.84. The van der Waals surface area contributed by atoms with Crippen LogP contribution in [0.3, 0.4) is 0 Å². The van der Waals surface area contributed by atoms with Gasteiger partial charge in [-0.15, -0.1) is 5.10 Å². The number of aromatic nitrogens is 4. The number of rotatable bonds is 6. The van der Waals surface area contributed by atoms with Gasteiger partial charge in [-0.3, -0.25) is 0 Å². The van der Waals surface area contributed by atoms with Gasteiger partial charge in [0.2, 0.25) is 5.65 Å². The van der Waals surface area contributed by atoms with E-state index in [4.69, 9.17) is 15.9 Å². The smallest absolute Gasteiger partial charge is 0.207 e. The summed E-state index contributed by atoms with van der Waals surface area (Å²) in [7, 11) is 0. The molecule has 2 aromatic heterocycles. The molecule has 23 heavy (non-hydrogen) atoms. The number of nitrogen functional groups attached to an aromatic ring is 1. The molecule has 1 aliphatic rings. The molecule has 0 radical (unpaired) electrons. The highest BCUT2D eigenvalue weighted by Crippen LogP contribution is 2.23. The van der Waals surface area contributed by atoms with E-state index in [1.165, 1.54) is 12.8 Å². The molecule has 0 amide bonds. The van der Waals surface area contributed by atoms with Gasteiger partial charge < -0.3 is 21.3 Å². The predicted molar refractivity (Wildman–Crippen MR) is 87.8 cm³/mol. The van der Waals surface area contributed by atoms with Gasteiger partial charge in [-0.05, 0) is 19.8 Å². The Kier molecular flexibility index (Phi) is 4.35. The van der Waals surface area contributed by atoms with Gasteiger partial charge in [0.1, 0.15) is 18.1 Å². The number of fused-ring (bicyclic) bond motifs is 1. The maximum absolute atomic E-state index is 7.84. The summed E-state index contributed by atoms with van der Waals surface area (Å²) < 4.78 is 5.74. The molecule has 5 N–H and O–H groups in total. The summed E-state index contributed by atoms with van der Waals surface area (Å²) in [4.78, 5) is 4.06. The molecule has 9 nitrogen and oxygen atoms in total. The van der Waals surface area contributed by atoms with Gasteiger partial charge in [-0.25, -0.2) is 4.98 Å². The van der Waals surface area contributed by atoms with E-state index in [2.05, 4.69) is 30.9 Å². The number of hydrazone groups is 1. The maximum Gasteiger partial charge on any atom is 0.207 e. The summed E-state index contributed by atoms with van der Waals surface area (Å²) in [5.41, 5.74) is 10.7.